The lowest BCUT2D eigenvalue weighted by Gasteiger charge is -2.22. The smallest absolute Gasteiger partial charge is 0.191 e. The van der Waals surface area contributed by atoms with Gasteiger partial charge in [0.05, 0.1) is 12.0 Å². The number of rotatable bonds is 5. The maximum Gasteiger partial charge on any atom is 0.191 e. The van der Waals surface area contributed by atoms with E-state index >= 15 is 0 Å². The van der Waals surface area contributed by atoms with Gasteiger partial charge in [0.1, 0.15) is 5.82 Å². The number of nitrogens with zero attached hydrogens (tertiary/aromatic N) is 4. The van der Waals surface area contributed by atoms with Crippen molar-refractivity contribution in [2.75, 3.05) is 20.1 Å². The average Bonchev–Trinajstić information content (AvgIpc) is 3.29. The fraction of sp³-hybridized carbons (Fsp3) is 0.500. The molecule has 0 saturated carbocycles. The van der Waals surface area contributed by atoms with E-state index in [1.165, 1.54) is 0 Å². The molecule has 1 aromatic heterocycles. The predicted octanol–water partition coefficient (Wildman–Crippen LogP) is 3.02. The molecule has 28 heavy (non-hydrogen) atoms. The van der Waals surface area contributed by atoms with E-state index in [-0.39, 0.29) is 29.8 Å². The van der Waals surface area contributed by atoms with E-state index in [4.69, 9.17) is 0 Å². The first kappa shape index (κ1) is 22.6. The van der Waals surface area contributed by atoms with Crippen LogP contribution >= 0.6 is 24.0 Å². The molecule has 0 spiro atoms. The topological polar surface area (TPSA) is 57.5 Å². The number of hydrogen-bond acceptors (Lipinski definition) is 3. The second-order valence-corrected chi connectivity index (χ2v) is 7.46. The highest BCUT2D eigenvalue weighted by Crippen LogP contribution is 2.19. The normalized spacial score (nSPS) is 20.3. The zero-order valence-electron chi connectivity index (χ0n) is 16.9. The Labute approximate surface area is 183 Å². The van der Waals surface area contributed by atoms with Crippen molar-refractivity contribution in [1.82, 2.24) is 25.1 Å². The zero-order valence-corrected chi connectivity index (χ0v) is 19.2. The summed E-state index contributed by atoms with van der Waals surface area (Å²) in [6.45, 7) is 9.32. The second kappa shape index (κ2) is 10.2. The molecular weight excluding hydrogens is 470 g/mol. The van der Waals surface area contributed by atoms with Gasteiger partial charge in [-0.25, -0.2) is 9.37 Å². The minimum atomic E-state index is -0.271. The molecule has 1 fully saturated rings. The molecular formula is C20H30FIN6. The van der Waals surface area contributed by atoms with Crippen molar-refractivity contribution < 1.29 is 4.39 Å². The van der Waals surface area contributed by atoms with Gasteiger partial charge >= 0.3 is 0 Å². The van der Waals surface area contributed by atoms with Crippen molar-refractivity contribution in [3.63, 3.8) is 0 Å². The lowest BCUT2D eigenvalue weighted by Crippen LogP contribution is -2.46. The summed E-state index contributed by atoms with van der Waals surface area (Å²) in [6.07, 6.45) is 4.95. The van der Waals surface area contributed by atoms with Gasteiger partial charge in [-0.1, -0.05) is 13.0 Å². The Kier molecular flexibility index (Phi) is 8.23. The number of benzene rings is 1. The maximum absolute atomic E-state index is 14.4. The lowest BCUT2D eigenvalue weighted by molar-refractivity contribution is 0.265. The SMILES string of the molecule is CN=C(NCc1ccc(-n2ccnc2)c(F)c1)NC1CN(C(C)C)CC1C.I. The van der Waals surface area contributed by atoms with E-state index in [1.54, 1.807) is 42.5 Å². The van der Waals surface area contributed by atoms with E-state index in [9.17, 15) is 4.39 Å². The lowest BCUT2D eigenvalue weighted by atomic mass is 10.1. The zero-order chi connectivity index (χ0) is 19.4. The molecule has 0 amide bonds. The average molecular weight is 500 g/mol. The molecule has 1 saturated heterocycles. The predicted molar refractivity (Wildman–Crippen MR) is 122 cm³/mol. The third-order valence-corrected chi connectivity index (χ3v) is 5.17. The monoisotopic (exact) mass is 500 g/mol. The molecule has 8 heteroatoms. The van der Waals surface area contributed by atoms with Crippen LogP contribution in [-0.4, -0.2) is 52.6 Å². The summed E-state index contributed by atoms with van der Waals surface area (Å²) < 4.78 is 16.1. The first-order chi connectivity index (χ1) is 13.0. The highest BCUT2D eigenvalue weighted by molar-refractivity contribution is 14.0. The molecule has 0 aliphatic carbocycles. The molecule has 2 aromatic rings. The fourth-order valence-electron chi connectivity index (χ4n) is 3.44. The molecule has 2 heterocycles. The van der Waals surface area contributed by atoms with Gasteiger partial charge in [0.25, 0.3) is 0 Å². The number of aliphatic imine (C=N–C) groups is 1. The molecule has 2 atom stereocenters. The summed E-state index contributed by atoms with van der Waals surface area (Å²) >= 11 is 0. The third kappa shape index (κ3) is 5.44. The first-order valence-electron chi connectivity index (χ1n) is 9.46. The van der Waals surface area contributed by atoms with E-state index in [1.807, 2.05) is 6.07 Å². The van der Waals surface area contributed by atoms with Crippen molar-refractivity contribution in [3.05, 3.63) is 48.3 Å². The van der Waals surface area contributed by atoms with Crippen LogP contribution < -0.4 is 10.6 Å². The van der Waals surface area contributed by atoms with Crippen LogP contribution in [0.25, 0.3) is 5.69 Å². The van der Waals surface area contributed by atoms with Crippen LogP contribution in [0.2, 0.25) is 0 Å². The number of hydrogen-bond donors (Lipinski definition) is 2. The standard InChI is InChI=1S/C20H29FN6.HI/c1-14(2)27-11-15(3)18(12-27)25-20(22-4)24-10-16-5-6-19(17(21)9-16)26-8-7-23-13-26;/h5-9,13-15,18H,10-12H2,1-4H3,(H2,22,24,25);1H. The van der Waals surface area contributed by atoms with Gasteiger partial charge in [0, 0.05) is 51.2 Å². The molecule has 2 unspecified atom stereocenters. The number of guanidine groups is 1. The van der Waals surface area contributed by atoms with E-state index in [0.717, 1.165) is 24.6 Å². The summed E-state index contributed by atoms with van der Waals surface area (Å²) in [6, 6.07) is 6.14. The fourth-order valence-corrected chi connectivity index (χ4v) is 3.44. The van der Waals surface area contributed by atoms with Gasteiger partial charge in [-0.05, 0) is 37.5 Å². The van der Waals surface area contributed by atoms with Crippen LogP contribution in [0.3, 0.4) is 0 Å². The van der Waals surface area contributed by atoms with Crippen LogP contribution in [0, 0.1) is 11.7 Å². The number of likely N-dealkylation sites (tertiary alicyclic amines) is 1. The van der Waals surface area contributed by atoms with Gasteiger partial charge in [-0.2, -0.15) is 0 Å². The molecule has 154 valence electrons. The molecule has 1 aliphatic heterocycles. The Balaban J connectivity index is 0.00000280. The third-order valence-electron chi connectivity index (χ3n) is 5.17. The summed E-state index contributed by atoms with van der Waals surface area (Å²) in [4.78, 5) is 10.8. The maximum atomic E-state index is 14.4. The molecule has 1 aliphatic rings. The Bertz CT molecular complexity index is 777. The molecule has 3 rings (SSSR count). The van der Waals surface area contributed by atoms with Crippen LogP contribution in [-0.2, 0) is 6.54 Å². The highest BCUT2D eigenvalue weighted by Gasteiger charge is 2.31. The van der Waals surface area contributed by atoms with Gasteiger partial charge < -0.3 is 15.2 Å². The number of halogens is 2. The Hall–Kier alpha value is -1.68. The van der Waals surface area contributed by atoms with Crippen molar-refractivity contribution >= 4 is 29.9 Å². The minimum absolute atomic E-state index is 0. The van der Waals surface area contributed by atoms with Crippen molar-refractivity contribution in [1.29, 1.82) is 0 Å². The molecule has 6 nitrogen and oxygen atoms in total. The summed E-state index contributed by atoms with van der Waals surface area (Å²) in [5.41, 5.74) is 1.36. The van der Waals surface area contributed by atoms with Gasteiger partial charge in [0.15, 0.2) is 5.96 Å². The van der Waals surface area contributed by atoms with Crippen molar-refractivity contribution in [2.45, 2.75) is 39.4 Å². The van der Waals surface area contributed by atoms with Crippen LogP contribution in [0.4, 0.5) is 4.39 Å². The van der Waals surface area contributed by atoms with E-state index in [2.05, 4.69) is 46.3 Å². The van der Waals surface area contributed by atoms with Gasteiger partial charge in [-0.15, -0.1) is 24.0 Å². The van der Waals surface area contributed by atoms with Crippen molar-refractivity contribution in [2.24, 2.45) is 10.9 Å². The summed E-state index contributed by atoms with van der Waals surface area (Å²) in [5.74, 6) is 1.03. The minimum Gasteiger partial charge on any atom is -0.352 e. The number of nitrogens with one attached hydrogen (secondary N) is 2. The van der Waals surface area contributed by atoms with Crippen LogP contribution in [0.15, 0.2) is 41.9 Å². The first-order valence-corrected chi connectivity index (χ1v) is 9.46. The van der Waals surface area contributed by atoms with E-state index < -0.39 is 0 Å². The largest absolute Gasteiger partial charge is 0.352 e. The Morgan fingerprint density at radius 3 is 2.71 bits per heavy atom. The summed E-state index contributed by atoms with van der Waals surface area (Å²) in [7, 11) is 1.76. The molecule has 0 radical (unpaired) electrons. The van der Waals surface area contributed by atoms with Crippen LogP contribution in [0.5, 0.6) is 0 Å². The highest BCUT2D eigenvalue weighted by atomic mass is 127. The number of aromatic nitrogens is 2. The van der Waals surface area contributed by atoms with Gasteiger partial charge in [0.2, 0.25) is 0 Å². The Morgan fingerprint density at radius 2 is 2.14 bits per heavy atom. The quantitative estimate of drug-likeness (QED) is 0.377. The van der Waals surface area contributed by atoms with Crippen molar-refractivity contribution in [3.8, 4) is 5.69 Å². The van der Waals surface area contributed by atoms with Gasteiger partial charge in [-0.3, -0.25) is 9.89 Å². The number of imidazole rings is 1. The summed E-state index contributed by atoms with van der Waals surface area (Å²) in [5, 5.41) is 6.80. The second-order valence-electron chi connectivity index (χ2n) is 7.46. The van der Waals surface area contributed by atoms with Crippen LogP contribution in [0.1, 0.15) is 26.3 Å². The van der Waals surface area contributed by atoms with E-state index in [0.29, 0.717) is 30.2 Å². The Morgan fingerprint density at radius 1 is 1.36 bits per heavy atom. The molecule has 2 N–H and O–H groups in total. The molecule has 1 aromatic carbocycles. The molecule has 0 bridgehead atoms.